The van der Waals surface area contributed by atoms with Crippen LogP contribution in [0.4, 0.5) is 0 Å². The van der Waals surface area contributed by atoms with Gasteiger partial charge in [-0.2, -0.15) is 0 Å². The Hall–Kier alpha value is -1.35. The van der Waals surface area contributed by atoms with Gasteiger partial charge in [0.15, 0.2) is 0 Å². The van der Waals surface area contributed by atoms with Crippen LogP contribution in [-0.2, 0) is 11.2 Å². The molecular formula is C17H24N2O. The summed E-state index contributed by atoms with van der Waals surface area (Å²) < 4.78 is 0. The molecule has 1 heterocycles. The second kappa shape index (κ2) is 5.57. The Balaban J connectivity index is 1.58. The standard InChI is InChI=1S/C17H24N2O/c1-12-3-4-14-5-6-16(15(14)9-12)18-11-13-7-8-19(2)17(20)10-13/h3-4,9,13,16,18H,5-8,10-11H2,1-2H3. The minimum Gasteiger partial charge on any atom is -0.346 e. The van der Waals surface area contributed by atoms with Gasteiger partial charge >= 0.3 is 0 Å². The number of carbonyl (C=O) groups is 1. The van der Waals surface area contributed by atoms with Gasteiger partial charge in [0.05, 0.1) is 0 Å². The van der Waals surface area contributed by atoms with Gasteiger partial charge in [-0.1, -0.05) is 23.8 Å². The third-order valence-corrected chi connectivity index (χ3v) is 4.79. The van der Waals surface area contributed by atoms with E-state index < -0.39 is 0 Å². The molecule has 20 heavy (non-hydrogen) atoms. The fourth-order valence-corrected chi connectivity index (χ4v) is 3.42. The normalized spacial score (nSPS) is 25.9. The average molecular weight is 272 g/mol. The number of aryl methyl sites for hydroxylation is 2. The summed E-state index contributed by atoms with van der Waals surface area (Å²) in [4.78, 5) is 13.6. The fourth-order valence-electron chi connectivity index (χ4n) is 3.42. The van der Waals surface area contributed by atoms with Gasteiger partial charge in [-0.25, -0.2) is 0 Å². The van der Waals surface area contributed by atoms with E-state index in [2.05, 4.69) is 30.4 Å². The molecule has 0 saturated carbocycles. The number of fused-ring (bicyclic) bond motifs is 1. The van der Waals surface area contributed by atoms with Gasteiger partial charge in [-0.15, -0.1) is 0 Å². The second-order valence-corrected chi connectivity index (χ2v) is 6.38. The molecule has 3 nitrogen and oxygen atoms in total. The van der Waals surface area contributed by atoms with E-state index in [0.29, 0.717) is 24.3 Å². The molecule has 3 heteroatoms. The molecule has 0 bridgehead atoms. The van der Waals surface area contributed by atoms with E-state index in [0.717, 1.165) is 19.5 Å². The molecule has 1 aromatic rings. The number of piperidine rings is 1. The first-order valence-electron chi connectivity index (χ1n) is 7.70. The van der Waals surface area contributed by atoms with Gasteiger partial charge in [0, 0.05) is 26.1 Å². The quantitative estimate of drug-likeness (QED) is 0.916. The van der Waals surface area contributed by atoms with E-state index in [4.69, 9.17) is 0 Å². The molecule has 3 rings (SSSR count). The van der Waals surface area contributed by atoms with Gasteiger partial charge < -0.3 is 10.2 Å². The lowest BCUT2D eigenvalue weighted by atomic mass is 9.95. The van der Waals surface area contributed by atoms with Crippen LogP contribution < -0.4 is 5.32 Å². The number of likely N-dealkylation sites (tertiary alicyclic amines) is 1. The van der Waals surface area contributed by atoms with E-state index >= 15 is 0 Å². The highest BCUT2D eigenvalue weighted by Gasteiger charge is 2.26. The monoisotopic (exact) mass is 272 g/mol. The first kappa shape index (κ1) is 13.6. The van der Waals surface area contributed by atoms with Crippen molar-refractivity contribution in [2.45, 2.75) is 38.6 Å². The highest BCUT2D eigenvalue weighted by molar-refractivity contribution is 5.76. The predicted octanol–water partition coefficient (Wildman–Crippen LogP) is 2.44. The number of hydrogen-bond acceptors (Lipinski definition) is 2. The molecule has 1 amide bonds. The molecule has 1 aliphatic heterocycles. The smallest absolute Gasteiger partial charge is 0.222 e. The molecule has 0 aromatic heterocycles. The zero-order valence-electron chi connectivity index (χ0n) is 12.5. The van der Waals surface area contributed by atoms with Crippen molar-refractivity contribution in [3.05, 3.63) is 34.9 Å². The summed E-state index contributed by atoms with van der Waals surface area (Å²) in [5, 5.41) is 3.70. The van der Waals surface area contributed by atoms with Crippen LogP contribution in [0.2, 0.25) is 0 Å². The highest BCUT2D eigenvalue weighted by atomic mass is 16.2. The van der Waals surface area contributed by atoms with Crippen molar-refractivity contribution in [2.75, 3.05) is 20.1 Å². The van der Waals surface area contributed by atoms with Crippen molar-refractivity contribution in [1.82, 2.24) is 10.2 Å². The van der Waals surface area contributed by atoms with Gasteiger partial charge in [-0.05, 0) is 49.8 Å². The van der Waals surface area contributed by atoms with Gasteiger partial charge in [0.25, 0.3) is 0 Å². The Morgan fingerprint density at radius 3 is 3.00 bits per heavy atom. The Morgan fingerprint density at radius 1 is 1.35 bits per heavy atom. The van der Waals surface area contributed by atoms with Gasteiger partial charge in [0.1, 0.15) is 0 Å². The topological polar surface area (TPSA) is 32.3 Å². The molecule has 1 aliphatic carbocycles. The maximum absolute atomic E-state index is 11.7. The molecule has 108 valence electrons. The molecule has 2 unspecified atom stereocenters. The van der Waals surface area contributed by atoms with Crippen molar-refractivity contribution < 1.29 is 4.79 Å². The molecule has 1 fully saturated rings. The number of benzene rings is 1. The Bertz CT molecular complexity index is 512. The van der Waals surface area contributed by atoms with Crippen molar-refractivity contribution in [1.29, 1.82) is 0 Å². The van der Waals surface area contributed by atoms with Crippen LogP contribution in [0.25, 0.3) is 0 Å². The summed E-state index contributed by atoms with van der Waals surface area (Å²) >= 11 is 0. The first-order chi connectivity index (χ1) is 9.63. The van der Waals surface area contributed by atoms with Crippen molar-refractivity contribution >= 4 is 5.91 Å². The maximum Gasteiger partial charge on any atom is 0.222 e. The lowest BCUT2D eigenvalue weighted by Gasteiger charge is -2.29. The SMILES string of the molecule is Cc1ccc2c(c1)C(NCC1CCN(C)C(=O)C1)CC2. The number of rotatable bonds is 3. The number of nitrogens with zero attached hydrogens (tertiary/aromatic N) is 1. The third-order valence-electron chi connectivity index (χ3n) is 4.79. The summed E-state index contributed by atoms with van der Waals surface area (Å²) in [5.74, 6) is 0.804. The van der Waals surface area contributed by atoms with Crippen LogP contribution in [0.15, 0.2) is 18.2 Å². The number of hydrogen-bond donors (Lipinski definition) is 1. The van der Waals surface area contributed by atoms with Crippen LogP contribution in [0, 0.1) is 12.8 Å². The number of carbonyl (C=O) groups excluding carboxylic acids is 1. The zero-order valence-corrected chi connectivity index (χ0v) is 12.5. The highest BCUT2D eigenvalue weighted by Crippen LogP contribution is 2.32. The minimum absolute atomic E-state index is 0.297. The second-order valence-electron chi connectivity index (χ2n) is 6.38. The molecule has 1 aromatic carbocycles. The lowest BCUT2D eigenvalue weighted by molar-refractivity contribution is -0.133. The summed E-state index contributed by atoms with van der Waals surface area (Å²) in [6, 6.07) is 7.28. The molecule has 2 atom stereocenters. The average Bonchev–Trinajstić information content (AvgIpc) is 2.82. The summed E-state index contributed by atoms with van der Waals surface area (Å²) in [5.41, 5.74) is 4.31. The van der Waals surface area contributed by atoms with E-state index in [1.165, 1.54) is 29.5 Å². The summed E-state index contributed by atoms with van der Waals surface area (Å²) in [6.45, 7) is 4.04. The Kier molecular flexibility index (Phi) is 3.79. The number of amides is 1. The molecule has 1 saturated heterocycles. The van der Waals surface area contributed by atoms with Crippen LogP contribution in [0.5, 0.6) is 0 Å². The Labute approximate surface area is 121 Å². The van der Waals surface area contributed by atoms with E-state index in [-0.39, 0.29) is 0 Å². The zero-order chi connectivity index (χ0) is 14.1. The van der Waals surface area contributed by atoms with E-state index in [1.807, 2.05) is 11.9 Å². The fraction of sp³-hybridized carbons (Fsp3) is 0.588. The van der Waals surface area contributed by atoms with Crippen LogP contribution >= 0.6 is 0 Å². The largest absolute Gasteiger partial charge is 0.346 e. The molecule has 2 aliphatic rings. The first-order valence-corrected chi connectivity index (χ1v) is 7.70. The van der Waals surface area contributed by atoms with Crippen LogP contribution in [-0.4, -0.2) is 30.9 Å². The van der Waals surface area contributed by atoms with E-state index in [1.54, 1.807) is 0 Å². The van der Waals surface area contributed by atoms with Crippen molar-refractivity contribution in [3.8, 4) is 0 Å². The summed E-state index contributed by atoms with van der Waals surface area (Å²) in [7, 11) is 1.90. The Morgan fingerprint density at radius 2 is 2.20 bits per heavy atom. The van der Waals surface area contributed by atoms with Crippen LogP contribution in [0.3, 0.4) is 0 Å². The maximum atomic E-state index is 11.7. The minimum atomic E-state index is 0.297. The molecular weight excluding hydrogens is 248 g/mol. The van der Waals surface area contributed by atoms with Crippen LogP contribution in [0.1, 0.15) is 42.0 Å². The van der Waals surface area contributed by atoms with E-state index in [9.17, 15) is 4.79 Å². The van der Waals surface area contributed by atoms with Crippen molar-refractivity contribution in [3.63, 3.8) is 0 Å². The molecule has 1 N–H and O–H groups in total. The molecule has 0 radical (unpaired) electrons. The van der Waals surface area contributed by atoms with Gasteiger partial charge in [0.2, 0.25) is 5.91 Å². The van der Waals surface area contributed by atoms with Gasteiger partial charge in [-0.3, -0.25) is 4.79 Å². The number of nitrogens with one attached hydrogen (secondary N) is 1. The molecule has 0 spiro atoms. The summed E-state index contributed by atoms with van der Waals surface area (Å²) in [6.07, 6.45) is 4.21. The lowest BCUT2D eigenvalue weighted by Crippen LogP contribution is -2.39. The predicted molar refractivity (Wildman–Crippen MR) is 80.6 cm³/mol. The third kappa shape index (κ3) is 2.73. The van der Waals surface area contributed by atoms with Crippen molar-refractivity contribution in [2.24, 2.45) is 5.92 Å².